The predicted molar refractivity (Wildman–Crippen MR) is 122 cm³/mol. The Bertz CT molecular complexity index is 1030. The summed E-state index contributed by atoms with van der Waals surface area (Å²) in [7, 11) is 0. The minimum atomic E-state index is -0.0170. The van der Waals surface area contributed by atoms with Gasteiger partial charge in [-0.25, -0.2) is 0 Å². The van der Waals surface area contributed by atoms with Gasteiger partial charge in [0.25, 0.3) is 0 Å². The number of hydrogen-bond donors (Lipinski definition) is 1. The second-order valence-electron chi connectivity index (χ2n) is 7.65. The van der Waals surface area contributed by atoms with Crippen LogP contribution in [0, 0.1) is 0 Å². The molecular formula is C24H26ClN5O. The summed E-state index contributed by atoms with van der Waals surface area (Å²) in [5, 5.41) is 12.4. The van der Waals surface area contributed by atoms with E-state index in [2.05, 4.69) is 25.0 Å². The molecule has 1 N–H and O–H groups in total. The summed E-state index contributed by atoms with van der Waals surface area (Å²) in [6, 6.07) is 19.8. The van der Waals surface area contributed by atoms with E-state index in [4.69, 9.17) is 11.6 Å². The standard InChI is InChI=1S/C24H26ClN5O/c25-21(15-19-7-3-1-4-8-19)18-29-12-11-22-27-28-23(30(22)14-13-29)17-26-24(31)16-20-9-5-2-6-10-20/h1-10,15H,11-14,16-18H2,(H,26,31)/b21-15-. The third-order valence-corrected chi connectivity index (χ3v) is 5.57. The van der Waals surface area contributed by atoms with E-state index in [1.165, 1.54) is 0 Å². The highest BCUT2D eigenvalue weighted by molar-refractivity contribution is 6.31. The topological polar surface area (TPSA) is 63.1 Å². The number of benzene rings is 2. The molecule has 0 spiro atoms. The molecule has 7 heteroatoms. The summed E-state index contributed by atoms with van der Waals surface area (Å²) in [4.78, 5) is 14.6. The molecule has 0 saturated heterocycles. The van der Waals surface area contributed by atoms with E-state index in [9.17, 15) is 4.79 Å². The molecule has 1 aromatic heterocycles. The molecule has 160 valence electrons. The maximum Gasteiger partial charge on any atom is 0.224 e. The third kappa shape index (κ3) is 6.03. The summed E-state index contributed by atoms with van der Waals surface area (Å²) in [5.41, 5.74) is 2.10. The van der Waals surface area contributed by atoms with E-state index in [1.54, 1.807) is 0 Å². The Balaban J connectivity index is 1.31. The van der Waals surface area contributed by atoms with Gasteiger partial charge >= 0.3 is 0 Å². The number of fused-ring (bicyclic) bond motifs is 1. The zero-order chi connectivity index (χ0) is 21.5. The summed E-state index contributed by atoms with van der Waals surface area (Å²) < 4.78 is 2.12. The molecule has 1 aliphatic heterocycles. The van der Waals surface area contributed by atoms with Crippen LogP contribution in [0.4, 0.5) is 0 Å². The van der Waals surface area contributed by atoms with Crippen LogP contribution in [-0.4, -0.2) is 45.2 Å². The minimum Gasteiger partial charge on any atom is -0.349 e. The Morgan fingerprint density at radius 1 is 1.00 bits per heavy atom. The van der Waals surface area contributed by atoms with Gasteiger partial charge in [0.1, 0.15) is 5.82 Å². The van der Waals surface area contributed by atoms with Gasteiger partial charge in [0, 0.05) is 37.6 Å². The Kier molecular flexibility index (Phi) is 7.12. The zero-order valence-electron chi connectivity index (χ0n) is 17.4. The van der Waals surface area contributed by atoms with Crippen LogP contribution in [0.1, 0.15) is 22.8 Å². The highest BCUT2D eigenvalue weighted by Gasteiger charge is 2.19. The molecule has 0 saturated carbocycles. The van der Waals surface area contributed by atoms with Gasteiger partial charge in [-0.1, -0.05) is 72.3 Å². The fraction of sp³-hybridized carbons (Fsp3) is 0.292. The van der Waals surface area contributed by atoms with Crippen LogP contribution in [-0.2, 0) is 30.7 Å². The Morgan fingerprint density at radius 2 is 1.74 bits per heavy atom. The molecule has 31 heavy (non-hydrogen) atoms. The molecule has 1 amide bonds. The van der Waals surface area contributed by atoms with Gasteiger partial charge in [0.15, 0.2) is 5.82 Å². The molecule has 0 bridgehead atoms. The van der Waals surface area contributed by atoms with Crippen molar-refractivity contribution in [3.05, 3.63) is 88.5 Å². The first-order valence-electron chi connectivity index (χ1n) is 10.5. The number of hydrogen-bond acceptors (Lipinski definition) is 4. The van der Waals surface area contributed by atoms with Crippen LogP contribution in [0.25, 0.3) is 6.08 Å². The number of halogens is 1. The van der Waals surface area contributed by atoms with Gasteiger partial charge in [-0.3, -0.25) is 9.69 Å². The lowest BCUT2D eigenvalue weighted by atomic mass is 10.1. The summed E-state index contributed by atoms with van der Waals surface area (Å²) >= 11 is 6.51. The molecule has 0 aliphatic carbocycles. The molecule has 1 aliphatic rings. The van der Waals surface area contributed by atoms with Crippen LogP contribution in [0.5, 0.6) is 0 Å². The van der Waals surface area contributed by atoms with E-state index in [0.717, 1.165) is 53.9 Å². The number of rotatable bonds is 7. The van der Waals surface area contributed by atoms with Crippen molar-refractivity contribution in [1.29, 1.82) is 0 Å². The average molecular weight is 436 g/mol. The van der Waals surface area contributed by atoms with Crippen LogP contribution in [0.3, 0.4) is 0 Å². The van der Waals surface area contributed by atoms with Crippen molar-refractivity contribution in [2.24, 2.45) is 0 Å². The molecular weight excluding hydrogens is 410 g/mol. The first-order valence-corrected chi connectivity index (χ1v) is 10.9. The highest BCUT2D eigenvalue weighted by atomic mass is 35.5. The Hall–Kier alpha value is -2.96. The van der Waals surface area contributed by atoms with Gasteiger partial charge in [-0.2, -0.15) is 0 Å². The quantitative estimate of drug-likeness (QED) is 0.618. The lowest BCUT2D eigenvalue weighted by Gasteiger charge is -2.19. The monoisotopic (exact) mass is 435 g/mol. The number of aromatic nitrogens is 3. The van der Waals surface area contributed by atoms with Crippen molar-refractivity contribution < 1.29 is 4.79 Å². The van der Waals surface area contributed by atoms with Crippen molar-refractivity contribution in [3.63, 3.8) is 0 Å². The second kappa shape index (κ2) is 10.4. The van der Waals surface area contributed by atoms with E-state index in [1.807, 2.05) is 66.7 Å². The summed E-state index contributed by atoms with van der Waals surface area (Å²) in [5.74, 6) is 1.73. The molecule has 2 heterocycles. The van der Waals surface area contributed by atoms with E-state index >= 15 is 0 Å². The number of nitrogens with zero attached hydrogens (tertiary/aromatic N) is 4. The second-order valence-corrected chi connectivity index (χ2v) is 8.14. The van der Waals surface area contributed by atoms with E-state index in [-0.39, 0.29) is 5.91 Å². The Morgan fingerprint density at radius 3 is 2.52 bits per heavy atom. The molecule has 0 radical (unpaired) electrons. The number of carbonyl (C=O) groups is 1. The van der Waals surface area contributed by atoms with Crippen molar-refractivity contribution in [2.75, 3.05) is 19.6 Å². The van der Waals surface area contributed by atoms with Crippen molar-refractivity contribution in [3.8, 4) is 0 Å². The number of carbonyl (C=O) groups excluding carboxylic acids is 1. The molecule has 2 aromatic carbocycles. The zero-order valence-corrected chi connectivity index (χ0v) is 18.1. The lowest BCUT2D eigenvalue weighted by molar-refractivity contribution is -0.120. The SMILES string of the molecule is O=C(Cc1ccccc1)NCc1nnc2n1CCN(C/C(Cl)=C/c1ccccc1)CC2. The fourth-order valence-electron chi connectivity index (χ4n) is 3.73. The molecule has 0 unspecified atom stereocenters. The van der Waals surface area contributed by atoms with Crippen molar-refractivity contribution in [1.82, 2.24) is 25.0 Å². The first kappa shape index (κ1) is 21.3. The Labute approximate surface area is 187 Å². The number of nitrogens with one attached hydrogen (secondary N) is 1. The number of amides is 1. The van der Waals surface area contributed by atoms with Gasteiger partial charge in [-0.05, 0) is 17.2 Å². The fourth-order valence-corrected chi connectivity index (χ4v) is 4.02. The van der Waals surface area contributed by atoms with Gasteiger partial charge in [-0.15, -0.1) is 10.2 Å². The maximum absolute atomic E-state index is 12.3. The van der Waals surface area contributed by atoms with E-state index in [0.29, 0.717) is 19.5 Å². The molecule has 3 aromatic rings. The molecule has 6 nitrogen and oxygen atoms in total. The predicted octanol–water partition coefficient (Wildman–Crippen LogP) is 3.28. The smallest absolute Gasteiger partial charge is 0.224 e. The minimum absolute atomic E-state index is 0.0170. The molecule has 0 fully saturated rings. The summed E-state index contributed by atoms with van der Waals surface area (Å²) in [6.45, 7) is 3.60. The first-order chi connectivity index (χ1) is 15.2. The average Bonchev–Trinajstić information content (AvgIpc) is 3.06. The lowest BCUT2D eigenvalue weighted by Crippen LogP contribution is -2.29. The van der Waals surface area contributed by atoms with Gasteiger partial charge in [0.05, 0.1) is 13.0 Å². The highest BCUT2D eigenvalue weighted by Crippen LogP contribution is 2.15. The van der Waals surface area contributed by atoms with Gasteiger partial charge in [0.2, 0.25) is 5.91 Å². The van der Waals surface area contributed by atoms with Crippen molar-refractivity contribution in [2.45, 2.75) is 25.9 Å². The van der Waals surface area contributed by atoms with Crippen LogP contribution < -0.4 is 5.32 Å². The maximum atomic E-state index is 12.3. The largest absolute Gasteiger partial charge is 0.349 e. The van der Waals surface area contributed by atoms with Crippen LogP contribution >= 0.6 is 11.6 Å². The van der Waals surface area contributed by atoms with Crippen LogP contribution in [0.2, 0.25) is 0 Å². The van der Waals surface area contributed by atoms with Crippen LogP contribution in [0.15, 0.2) is 65.7 Å². The van der Waals surface area contributed by atoms with E-state index < -0.39 is 0 Å². The summed E-state index contributed by atoms with van der Waals surface area (Å²) in [6.07, 6.45) is 3.18. The third-order valence-electron chi connectivity index (χ3n) is 5.34. The van der Waals surface area contributed by atoms with Gasteiger partial charge < -0.3 is 9.88 Å². The molecule has 0 atom stereocenters. The molecule has 4 rings (SSSR count). The normalized spacial score (nSPS) is 14.7. The van der Waals surface area contributed by atoms with Crippen molar-refractivity contribution >= 4 is 23.6 Å².